The van der Waals surface area contributed by atoms with Gasteiger partial charge in [-0.2, -0.15) is 0 Å². The molecule has 2 amide bonds. The second-order valence-electron chi connectivity index (χ2n) is 7.49. The zero-order valence-electron chi connectivity index (χ0n) is 19.2. The fraction of sp³-hybridized carbons (Fsp3) is 0.167. The molecule has 0 saturated carbocycles. The molecule has 11 heteroatoms. The largest absolute Gasteiger partial charge is 0.508 e. The molecular weight excluding hydrogens is 536 g/mol. The van der Waals surface area contributed by atoms with Crippen LogP contribution in [0.2, 0.25) is 0 Å². The van der Waals surface area contributed by atoms with Gasteiger partial charge in [0.1, 0.15) is 11.4 Å². The van der Waals surface area contributed by atoms with Crippen LogP contribution in [0.4, 0.5) is 5.13 Å². The van der Waals surface area contributed by atoms with E-state index in [-0.39, 0.29) is 29.5 Å². The van der Waals surface area contributed by atoms with E-state index < -0.39 is 11.9 Å². The minimum absolute atomic E-state index is 0.0497. The summed E-state index contributed by atoms with van der Waals surface area (Å²) in [7, 11) is 4.92. The van der Waals surface area contributed by atoms with Gasteiger partial charge in [-0.1, -0.05) is 23.5 Å². The summed E-state index contributed by atoms with van der Waals surface area (Å²) in [5.74, 6) is -1.50. The van der Waals surface area contributed by atoms with Crippen molar-refractivity contribution in [3.8, 4) is 5.75 Å². The summed E-state index contributed by atoms with van der Waals surface area (Å²) in [6.07, 6.45) is 3.08. The van der Waals surface area contributed by atoms with Crippen molar-refractivity contribution in [3.05, 3.63) is 80.4 Å². The third-order valence-electron chi connectivity index (χ3n) is 4.67. The van der Waals surface area contributed by atoms with E-state index in [0.717, 1.165) is 10.7 Å². The van der Waals surface area contributed by atoms with Crippen molar-refractivity contribution < 1.29 is 24.2 Å². The van der Waals surface area contributed by atoms with Crippen molar-refractivity contribution in [1.29, 1.82) is 0 Å². The maximum atomic E-state index is 12.9. The molecule has 0 fully saturated rings. The quantitative estimate of drug-likeness (QED) is 0.285. The van der Waals surface area contributed by atoms with Gasteiger partial charge in [0.05, 0.1) is 17.6 Å². The van der Waals surface area contributed by atoms with Gasteiger partial charge in [0.25, 0.3) is 11.8 Å². The van der Waals surface area contributed by atoms with Crippen LogP contribution in [0.3, 0.4) is 0 Å². The van der Waals surface area contributed by atoms with Crippen LogP contribution in [0.15, 0.2) is 58.8 Å². The Bertz CT molecular complexity index is 1290. The first-order chi connectivity index (χ1) is 16.7. The molecule has 0 aliphatic carbocycles. The molecule has 9 nitrogen and oxygen atoms in total. The van der Waals surface area contributed by atoms with Crippen LogP contribution >= 0.6 is 27.3 Å². The minimum Gasteiger partial charge on any atom is -0.508 e. The van der Waals surface area contributed by atoms with E-state index in [1.165, 1.54) is 42.7 Å². The van der Waals surface area contributed by atoms with Gasteiger partial charge in [-0.3, -0.25) is 9.59 Å². The van der Waals surface area contributed by atoms with Gasteiger partial charge in [0, 0.05) is 36.9 Å². The summed E-state index contributed by atoms with van der Waals surface area (Å²) >= 11 is 4.67. The van der Waals surface area contributed by atoms with Crippen LogP contribution in [0.5, 0.6) is 5.75 Å². The fourth-order valence-electron chi connectivity index (χ4n) is 2.93. The van der Waals surface area contributed by atoms with Gasteiger partial charge < -0.3 is 25.4 Å². The highest BCUT2D eigenvalue weighted by atomic mass is 79.9. The number of benzene rings is 2. The number of ether oxygens (including phenoxy) is 1. The number of nitrogens with one attached hydrogen (secondary N) is 2. The number of methoxy groups -OCH3 is 1. The molecule has 0 atom stereocenters. The SMILES string of the molecule is COC(=O)/C(=C/c1cnc(N(C)C)s1)NC(=O)c1ccc(C(=O)NCc2cccc(O)c2)cc1Br. The number of rotatable bonds is 8. The Morgan fingerprint density at radius 1 is 1.17 bits per heavy atom. The third kappa shape index (κ3) is 6.90. The number of aromatic hydroxyl groups is 1. The Balaban J connectivity index is 1.73. The topological polar surface area (TPSA) is 121 Å². The Kier molecular flexibility index (Phi) is 8.61. The van der Waals surface area contributed by atoms with Crippen LogP contribution < -0.4 is 15.5 Å². The number of halogens is 1. The number of amides is 2. The number of phenols is 1. The number of carbonyl (C=O) groups excluding carboxylic acids is 3. The van der Waals surface area contributed by atoms with E-state index in [2.05, 4.69) is 31.5 Å². The van der Waals surface area contributed by atoms with Gasteiger partial charge in [0.15, 0.2) is 5.13 Å². The third-order valence-corrected chi connectivity index (χ3v) is 6.44. The Morgan fingerprint density at radius 2 is 1.94 bits per heavy atom. The van der Waals surface area contributed by atoms with Gasteiger partial charge in [-0.25, -0.2) is 9.78 Å². The van der Waals surface area contributed by atoms with Crippen molar-refractivity contribution in [2.45, 2.75) is 6.54 Å². The van der Waals surface area contributed by atoms with Crippen molar-refractivity contribution in [2.75, 3.05) is 26.1 Å². The van der Waals surface area contributed by atoms with E-state index in [4.69, 9.17) is 4.74 Å². The Labute approximate surface area is 214 Å². The molecule has 3 aromatic rings. The summed E-state index contributed by atoms with van der Waals surface area (Å²) in [4.78, 5) is 44.4. The number of nitrogens with zero attached hydrogens (tertiary/aromatic N) is 2. The van der Waals surface area contributed by atoms with E-state index in [0.29, 0.717) is 14.9 Å². The second-order valence-corrected chi connectivity index (χ2v) is 9.39. The molecule has 35 heavy (non-hydrogen) atoms. The minimum atomic E-state index is -0.711. The predicted molar refractivity (Wildman–Crippen MR) is 137 cm³/mol. The smallest absolute Gasteiger partial charge is 0.354 e. The second kappa shape index (κ2) is 11.6. The lowest BCUT2D eigenvalue weighted by atomic mass is 10.1. The number of esters is 1. The first-order valence-electron chi connectivity index (χ1n) is 10.3. The maximum absolute atomic E-state index is 12.9. The Hall–Kier alpha value is -3.70. The maximum Gasteiger partial charge on any atom is 0.354 e. The van der Waals surface area contributed by atoms with Crippen molar-refractivity contribution in [3.63, 3.8) is 0 Å². The lowest BCUT2D eigenvalue weighted by molar-refractivity contribution is -0.136. The van der Waals surface area contributed by atoms with E-state index >= 15 is 0 Å². The highest BCUT2D eigenvalue weighted by Gasteiger charge is 2.19. The Morgan fingerprint density at radius 3 is 2.57 bits per heavy atom. The monoisotopic (exact) mass is 558 g/mol. The normalized spacial score (nSPS) is 11.0. The summed E-state index contributed by atoms with van der Waals surface area (Å²) in [6, 6.07) is 11.1. The number of phenolic OH excluding ortho intramolecular Hbond substituents is 1. The van der Waals surface area contributed by atoms with E-state index in [1.54, 1.807) is 30.5 Å². The molecule has 0 unspecified atom stereocenters. The number of thiazole rings is 1. The molecule has 0 bridgehead atoms. The van der Waals surface area contributed by atoms with Gasteiger partial charge in [-0.05, 0) is 57.9 Å². The molecule has 3 rings (SSSR count). The summed E-state index contributed by atoms with van der Waals surface area (Å²) < 4.78 is 5.17. The summed E-state index contributed by atoms with van der Waals surface area (Å²) in [6.45, 7) is 0.230. The first-order valence-corrected chi connectivity index (χ1v) is 11.9. The molecule has 0 saturated heterocycles. The number of hydrogen-bond acceptors (Lipinski definition) is 8. The van der Waals surface area contributed by atoms with Crippen molar-refractivity contribution in [2.24, 2.45) is 0 Å². The number of anilines is 1. The molecule has 182 valence electrons. The highest BCUT2D eigenvalue weighted by molar-refractivity contribution is 9.10. The molecule has 1 heterocycles. The first kappa shape index (κ1) is 25.9. The molecule has 1 aromatic heterocycles. The van der Waals surface area contributed by atoms with Crippen LogP contribution in [0.1, 0.15) is 31.2 Å². The summed E-state index contributed by atoms with van der Waals surface area (Å²) in [5, 5.41) is 15.6. The number of hydrogen-bond donors (Lipinski definition) is 3. The fourth-order valence-corrected chi connectivity index (χ4v) is 4.27. The average molecular weight is 559 g/mol. The van der Waals surface area contributed by atoms with Crippen molar-refractivity contribution in [1.82, 2.24) is 15.6 Å². The molecule has 0 aliphatic rings. The molecular formula is C24H23BrN4O5S. The lowest BCUT2D eigenvalue weighted by Crippen LogP contribution is -2.28. The van der Waals surface area contributed by atoms with Gasteiger partial charge in [0.2, 0.25) is 0 Å². The molecule has 0 spiro atoms. The van der Waals surface area contributed by atoms with E-state index in [9.17, 15) is 19.5 Å². The molecule has 0 radical (unpaired) electrons. The molecule has 0 aliphatic heterocycles. The van der Waals surface area contributed by atoms with Crippen LogP contribution in [0.25, 0.3) is 6.08 Å². The zero-order chi connectivity index (χ0) is 25.5. The molecule has 3 N–H and O–H groups in total. The van der Waals surface area contributed by atoms with Gasteiger partial charge in [-0.15, -0.1) is 0 Å². The highest BCUT2D eigenvalue weighted by Crippen LogP contribution is 2.23. The number of aromatic nitrogens is 1. The average Bonchev–Trinajstić information content (AvgIpc) is 3.30. The van der Waals surface area contributed by atoms with Gasteiger partial charge >= 0.3 is 5.97 Å². The van der Waals surface area contributed by atoms with E-state index in [1.807, 2.05) is 19.0 Å². The van der Waals surface area contributed by atoms with Crippen molar-refractivity contribution >= 4 is 56.3 Å². The van der Waals surface area contributed by atoms with Crippen LogP contribution in [-0.4, -0.2) is 49.1 Å². The number of carbonyl (C=O) groups is 3. The zero-order valence-corrected chi connectivity index (χ0v) is 21.6. The van der Waals surface area contributed by atoms with Crippen LogP contribution in [-0.2, 0) is 16.1 Å². The van der Waals surface area contributed by atoms with Crippen LogP contribution in [0, 0.1) is 0 Å². The lowest BCUT2D eigenvalue weighted by Gasteiger charge is -2.11. The molecule has 2 aromatic carbocycles. The summed E-state index contributed by atoms with van der Waals surface area (Å²) in [5.41, 5.74) is 1.25. The standard InChI is InChI=1S/C24H23BrN4O5S/c1-29(2)24-27-13-17(35-24)11-20(23(33)34-3)28-22(32)18-8-7-15(10-19(18)25)21(31)26-12-14-5-4-6-16(30)9-14/h4-11,13,30H,12H2,1-3H3,(H,26,31)(H,28,32)/b20-11-. The predicted octanol–water partition coefficient (Wildman–Crippen LogP) is 3.55.